The van der Waals surface area contributed by atoms with Gasteiger partial charge in [-0.15, -0.1) is 0 Å². The number of allylic oxidation sites excluding steroid dienone is 1. The summed E-state index contributed by atoms with van der Waals surface area (Å²) in [5.74, 6) is 0.0370. The first kappa shape index (κ1) is 23.1. The van der Waals surface area contributed by atoms with Crippen molar-refractivity contribution in [3.63, 3.8) is 0 Å². The van der Waals surface area contributed by atoms with Gasteiger partial charge in [0.2, 0.25) is 5.91 Å². The molecule has 1 atom stereocenters. The Kier molecular flexibility index (Phi) is 17.8. The molecule has 0 aliphatic rings. The predicted molar refractivity (Wildman–Crippen MR) is 101 cm³/mol. The average Bonchev–Trinajstić information content (AvgIpc) is 2.58. The van der Waals surface area contributed by atoms with Gasteiger partial charge in [-0.25, -0.2) is 0 Å². The zero-order valence-corrected chi connectivity index (χ0v) is 15.6. The lowest BCUT2D eigenvalue weighted by molar-refractivity contribution is -0.121. The van der Waals surface area contributed by atoms with Gasteiger partial charge in [0.25, 0.3) is 0 Å². The molecular formula is C20H39NO3. The summed E-state index contributed by atoms with van der Waals surface area (Å²) in [6, 6.07) is 0. The van der Waals surface area contributed by atoms with E-state index in [-0.39, 0.29) is 18.6 Å². The lowest BCUT2D eigenvalue weighted by Crippen LogP contribution is -2.25. The van der Waals surface area contributed by atoms with Gasteiger partial charge in [-0.3, -0.25) is 4.79 Å². The van der Waals surface area contributed by atoms with E-state index in [9.17, 15) is 9.90 Å². The summed E-state index contributed by atoms with van der Waals surface area (Å²) in [6.45, 7) is 2.57. The van der Waals surface area contributed by atoms with Crippen LogP contribution < -0.4 is 5.32 Å². The molecule has 1 amide bonds. The summed E-state index contributed by atoms with van der Waals surface area (Å²) in [5.41, 5.74) is 0. The van der Waals surface area contributed by atoms with Crippen molar-refractivity contribution in [2.24, 2.45) is 0 Å². The van der Waals surface area contributed by atoms with Crippen molar-refractivity contribution in [2.75, 3.05) is 13.2 Å². The fourth-order valence-corrected chi connectivity index (χ4v) is 2.66. The van der Waals surface area contributed by atoms with E-state index in [4.69, 9.17) is 5.11 Å². The molecule has 0 heterocycles. The molecule has 0 aliphatic carbocycles. The Morgan fingerprint density at radius 1 is 1.00 bits per heavy atom. The highest BCUT2D eigenvalue weighted by molar-refractivity contribution is 5.75. The first-order valence-corrected chi connectivity index (χ1v) is 9.91. The number of aliphatic hydroxyl groups is 2. The number of hydrogen-bond donors (Lipinski definition) is 3. The predicted octanol–water partition coefficient (Wildman–Crippen LogP) is 4.10. The van der Waals surface area contributed by atoms with Crippen LogP contribution in [0.3, 0.4) is 0 Å². The minimum Gasteiger partial charge on any atom is -0.395 e. The van der Waals surface area contributed by atoms with E-state index >= 15 is 0 Å². The second-order valence-corrected chi connectivity index (χ2v) is 6.59. The monoisotopic (exact) mass is 341 g/mol. The highest BCUT2D eigenvalue weighted by Gasteiger charge is 2.02. The van der Waals surface area contributed by atoms with Gasteiger partial charge < -0.3 is 15.5 Å². The molecule has 0 aromatic carbocycles. The molecule has 0 aromatic heterocycles. The molecule has 0 aromatic rings. The Morgan fingerprint density at radius 2 is 1.71 bits per heavy atom. The standard InChI is InChI=1S/C20H39NO3/c1-2-3-4-5-8-11-14-19(23)15-12-9-6-7-10-13-16-20(24)21-17-18-22/h8,11,19,22-23H,2-7,9-10,12-18H2,1H3,(H,21,24)/b11-8-. The maximum atomic E-state index is 11.3. The van der Waals surface area contributed by atoms with Crippen LogP contribution in [0, 0.1) is 0 Å². The number of carbonyl (C=O) groups excluding carboxylic acids is 1. The van der Waals surface area contributed by atoms with E-state index in [1.165, 1.54) is 25.7 Å². The van der Waals surface area contributed by atoms with Crippen molar-refractivity contribution in [3.8, 4) is 0 Å². The maximum absolute atomic E-state index is 11.3. The summed E-state index contributed by atoms with van der Waals surface area (Å²) in [5, 5.41) is 21.2. The van der Waals surface area contributed by atoms with Gasteiger partial charge >= 0.3 is 0 Å². The number of aliphatic hydroxyl groups excluding tert-OH is 2. The molecule has 0 bridgehead atoms. The van der Waals surface area contributed by atoms with E-state index in [1.807, 2.05) is 0 Å². The Balaban J connectivity index is 3.30. The second kappa shape index (κ2) is 18.5. The Hall–Kier alpha value is -0.870. The Morgan fingerprint density at radius 3 is 2.42 bits per heavy atom. The number of amides is 1. The SMILES string of the molecule is CCCCC/C=C\CC(O)CCCCCCCCC(=O)NCCO. The molecule has 4 heteroatoms. The Bertz CT molecular complexity index is 305. The maximum Gasteiger partial charge on any atom is 0.220 e. The third-order valence-electron chi connectivity index (χ3n) is 4.17. The van der Waals surface area contributed by atoms with Crippen LogP contribution in [-0.2, 0) is 4.79 Å². The Labute approximate surface area is 148 Å². The third-order valence-corrected chi connectivity index (χ3v) is 4.17. The quantitative estimate of drug-likeness (QED) is 0.275. The number of rotatable bonds is 17. The molecule has 1 unspecified atom stereocenters. The third kappa shape index (κ3) is 17.5. The second-order valence-electron chi connectivity index (χ2n) is 6.59. The zero-order valence-electron chi connectivity index (χ0n) is 15.6. The zero-order chi connectivity index (χ0) is 17.9. The summed E-state index contributed by atoms with van der Waals surface area (Å²) >= 11 is 0. The topological polar surface area (TPSA) is 69.6 Å². The van der Waals surface area contributed by atoms with Crippen molar-refractivity contribution in [1.29, 1.82) is 0 Å². The van der Waals surface area contributed by atoms with Gasteiger partial charge in [0.05, 0.1) is 12.7 Å². The van der Waals surface area contributed by atoms with E-state index in [1.54, 1.807) is 0 Å². The molecule has 0 spiro atoms. The fraction of sp³-hybridized carbons (Fsp3) is 0.850. The van der Waals surface area contributed by atoms with E-state index in [2.05, 4.69) is 24.4 Å². The molecule has 4 nitrogen and oxygen atoms in total. The number of nitrogens with one attached hydrogen (secondary N) is 1. The van der Waals surface area contributed by atoms with Gasteiger partial charge in [-0.2, -0.15) is 0 Å². The lowest BCUT2D eigenvalue weighted by Gasteiger charge is -2.07. The first-order chi connectivity index (χ1) is 11.7. The number of carbonyl (C=O) groups is 1. The molecule has 0 saturated heterocycles. The molecule has 24 heavy (non-hydrogen) atoms. The van der Waals surface area contributed by atoms with Crippen LogP contribution in [0.15, 0.2) is 12.2 Å². The van der Waals surface area contributed by atoms with Crippen LogP contribution in [0.2, 0.25) is 0 Å². The molecule has 3 N–H and O–H groups in total. The van der Waals surface area contributed by atoms with Crippen LogP contribution in [0.25, 0.3) is 0 Å². The summed E-state index contributed by atoms with van der Waals surface area (Å²) < 4.78 is 0. The minimum absolute atomic E-state index is 0.00619. The minimum atomic E-state index is -0.192. The van der Waals surface area contributed by atoms with E-state index in [0.717, 1.165) is 51.4 Å². The largest absolute Gasteiger partial charge is 0.395 e. The fourth-order valence-electron chi connectivity index (χ4n) is 2.66. The average molecular weight is 342 g/mol. The molecule has 0 rings (SSSR count). The highest BCUT2D eigenvalue weighted by atomic mass is 16.3. The van der Waals surface area contributed by atoms with Crippen molar-refractivity contribution in [3.05, 3.63) is 12.2 Å². The van der Waals surface area contributed by atoms with Crippen molar-refractivity contribution >= 4 is 5.91 Å². The number of unbranched alkanes of at least 4 members (excludes halogenated alkanes) is 8. The molecule has 0 radical (unpaired) electrons. The lowest BCUT2D eigenvalue weighted by atomic mass is 10.0. The first-order valence-electron chi connectivity index (χ1n) is 9.91. The van der Waals surface area contributed by atoms with Crippen molar-refractivity contribution in [1.82, 2.24) is 5.32 Å². The molecule has 0 saturated carbocycles. The van der Waals surface area contributed by atoms with Crippen molar-refractivity contribution in [2.45, 2.75) is 96.5 Å². The van der Waals surface area contributed by atoms with Crippen LogP contribution >= 0.6 is 0 Å². The molecule has 142 valence electrons. The normalized spacial score (nSPS) is 12.6. The van der Waals surface area contributed by atoms with Gasteiger partial charge in [0.15, 0.2) is 0 Å². The number of hydrogen-bond acceptors (Lipinski definition) is 3. The van der Waals surface area contributed by atoms with Crippen LogP contribution in [0.1, 0.15) is 90.4 Å². The van der Waals surface area contributed by atoms with Crippen molar-refractivity contribution < 1.29 is 15.0 Å². The molecular weight excluding hydrogens is 302 g/mol. The summed E-state index contributed by atoms with van der Waals surface area (Å²) in [4.78, 5) is 11.3. The van der Waals surface area contributed by atoms with Gasteiger partial charge in [0.1, 0.15) is 0 Å². The highest BCUT2D eigenvalue weighted by Crippen LogP contribution is 2.11. The summed E-state index contributed by atoms with van der Waals surface area (Å²) in [6.07, 6.45) is 17.9. The van der Waals surface area contributed by atoms with Crippen LogP contribution in [-0.4, -0.2) is 35.4 Å². The van der Waals surface area contributed by atoms with Crippen LogP contribution in [0.4, 0.5) is 0 Å². The van der Waals surface area contributed by atoms with Gasteiger partial charge in [0, 0.05) is 13.0 Å². The van der Waals surface area contributed by atoms with Crippen LogP contribution in [0.5, 0.6) is 0 Å². The van der Waals surface area contributed by atoms with Gasteiger partial charge in [-0.05, 0) is 32.1 Å². The molecule has 0 fully saturated rings. The molecule has 0 aliphatic heterocycles. The smallest absolute Gasteiger partial charge is 0.220 e. The van der Waals surface area contributed by atoms with E-state index < -0.39 is 0 Å². The van der Waals surface area contributed by atoms with E-state index in [0.29, 0.717) is 13.0 Å². The van der Waals surface area contributed by atoms with Gasteiger partial charge in [-0.1, -0.05) is 64.0 Å². The summed E-state index contributed by atoms with van der Waals surface area (Å²) in [7, 11) is 0.